The number of pyridine rings is 1. The van der Waals surface area contributed by atoms with Gasteiger partial charge < -0.3 is 9.47 Å². The molecule has 0 unspecified atom stereocenters. The molecule has 3 heterocycles. The summed E-state index contributed by atoms with van der Waals surface area (Å²) in [6, 6.07) is 12.2. The van der Waals surface area contributed by atoms with E-state index in [0.29, 0.717) is 18.3 Å². The topological polar surface area (TPSA) is 51.0 Å². The Labute approximate surface area is 166 Å². The summed E-state index contributed by atoms with van der Waals surface area (Å²) in [5.74, 6) is 2.18. The lowest BCUT2D eigenvalue weighted by Crippen LogP contribution is -2.29. The summed E-state index contributed by atoms with van der Waals surface area (Å²) in [6.45, 7) is 6.96. The van der Waals surface area contributed by atoms with Gasteiger partial charge in [0, 0.05) is 38.2 Å². The number of carbonyl (C=O) groups is 1. The van der Waals surface area contributed by atoms with Crippen molar-refractivity contribution in [2.75, 3.05) is 13.1 Å². The summed E-state index contributed by atoms with van der Waals surface area (Å²) in [5.41, 5.74) is 3.32. The third-order valence-corrected chi connectivity index (χ3v) is 5.50. The number of carbonyl (C=O) groups excluding carboxylic acids is 1. The number of imidazole rings is 1. The molecule has 5 heteroatoms. The molecule has 0 bridgehead atoms. The summed E-state index contributed by atoms with van der Waals surface area (Å²) in [7, 11) is 0. The highest BCUT2D eigenvalue weighted by Crippen LogP contribution is 2.30. The van der Waals surface area contributed by atoms with Gasteiger partial charge in [-0.1, -0.05) is 44.2 Å². The second kappa shape index (κ2) is 8.13. The molecule has 1 aliphatic rings. The number of fused-ring (bicyclic) bond motifs is 1. The Bertz CT molecular complexity index is 948. The van der Waals surface area contributed by atoms with Crippen molar-refractivity contribution in [3.63, 3.8) is 0 Å². The van der Waals surface area contributed by atoms with Gasteiger partial charge in [0.15, 0.2) is 0 Å². The molecule has 1 fully saturated rings. The van der Waals surface area contributed by atoms with E-state index in [1.54, 1.807) is 6.20 Å². The van der Waals surface area contributed by atoms with Gasteiger partial charge in [-0.25, -0.2) is 4.98 Å². The van der Waals surface area contributed by atoms with E-state index in [2.05, 4.69) is 35.5 Å². The SMILES string of the molecule is CC(C)Cn1c([C@@H]2CCN(C(=O)CCc3ccccc3)C2)nc2ccncc21. The van der Waals surface area contributed by atoms with Crippen LogP contribution in [0.3, 0.4) is 0 Å². The molecule has 146 valence electrons. The first-order valence-electron chi connectivity index (χ1n) is 10.2. The first kappa shape index (κ1) is 18.7. The van der Waals surface area contributed by atoms with E-state index in [9.17, 15) is 4.79 Å². The number of benzene rings is 1. The zero-order valence-electron chi connectivity index (χ0n) is 16.7. The Kier molecular flexibility index (Phi) is 5.42. The maximum Gasteiger partial charge on any atom is 0.222 e. The van der Waals surface area contributed by atoms with Crippen LogP contribution in [0.2, 0.25) is 0 Å². The third-order valence-electron chi connectivity index (χ3n) is 5.50. The molecule has 4 rings (SSSR count). The van der Waals surface area contributed by atoms with Gasteiger partial charge in [-0.3, -0.25) is 9.78 Å². The highest BCUT2D eigenvalue weighted by molar-refractivity contribution is 5.77. The highest BCUT2D eigenvalue weighted by Gasteiger charge is 2.30. The van der Waals surface area contributed by atoms with Gasteiger partial charge in [-0.2, -0.15) is 0 Å². The van der Waals surface area contributed by atoms with Crippen LogP contribution in [0.25, 0.3) is 11.0 Å². The number of rotatable bonds is 6. The Morgan fingerprint density at radius 3 is 2.82 bits per heavy atom. The fourth-order valence-corrected chi connectivity index (χ4v) is 4.11. The van der Waals surface area contributed by atoms with Crippen LogP contribution < -0.4 is 0 Å². The van der Waals surface area contributed by atoms with Crippen LogP contribution in [0.5, 0.6) is 0 Å². The van der Waals surface area contributed by atoms with E-state index < -0.39 is 0 Å². The van der Waals surface area contributed by atoms with E-state index in [1.165, 1.54) is 5.56 Å². The Morgan fingerprint density at radius 1 is 1.21 bits per heavy atom. The summed E-state index contributed by atoms with van der Waals surface area (Å²) in [5, 5.41) is 0. The summed E-state index contributed by atoms with van der Waals surface area (Å²) < 4.78 is 2.32. The monoisotopic (exact) mass is 376 g/mol. The normalized spacial score (nSPS) is 17.0. The highest BCUT2D eigenvalue weighted by atomic mass is 16.2. The second-order valence-corrected chi connectivity index (χ2v) is 8.15. The number of hydrogen-bond donors (Lipinski definition) is 0. The maximum absolute atomic E-state index is 12.7. The Hall–Kier alpha value is -2.69. The van der Waals surface area contributed by atoms with E-state index >= 15 is 0 Å². The average molecular weight is 377 g/mol. The molecule has 3 aromatic rings. The molecule has 0 N–H and O–H groups in total. The molecule has 1 aromatic carbocycles. The van der Waals surface area contributed by atoms with E-state index in [1.807, 2.05) is 35.4 Å². The van der Waals surface area contributed by atoms with E-state index in [-0.39, 0.29) is 5.91 Å². The lowest BCUT2D eigenvalue weighted by atomic mass is 10.1. The molecule has 28 heavy (non-hydrogen) atoms. The molecule has 0 saturated carbocycles. The number of nitrogens with zero attached hydrogens (tertiary/aromatic N) is 4. The van der Waals surface area contributed by atoms with Crippen LogP contribution in [-0.2, 0) is 17.8 Å². The van der Waals surface area contributed by atoms with Crippen LogP contribution in [-0.4, -0.2) is 38.4 Å². The van der Waals surface area contributed by atoms with Crippen molar-refractivity contribution in [2.45, 2.75) is 45.6 Å². The maximum atomic E-state index is 12.7. The summed E-state index contributed by atoms with van der Waals surface area (Å²) in [6.07, 6.45) is 6.06. The fraction of sp³-hybridized carbons (Fsp3) is 0.435. The minimum Gasteiger partial charge on any atom is -0.342 e. The quantitative estimate of drug-likeness (QED) is 0.652. The molecular formula is C23H28N4O. The second-order valence-electron chi connectivity index (χ2n) is 8.15. The average Bonchev–Trinajstić information content (AvgIpc) is 3.32. The molecule has 1 saturated heterocycles. The fourth-order valence-electron chi connectivity index (χ4n) is 4.11. The molecule has 2 aromatic heterocycles. The molecule has 1 amide bonds. The van der Waals surface area contributed by atoms with Crippen LogP contribution in [0.1, 0.15) is 44.0 Å². The van der Waals surface area contributed by atoms with Crippen molar-refractivity contribution < 1.29 is 4.79 Å². The lowest BCUT2D eigenvalue weighted by Gasteiger charge is -2.18. The zero-order valence-corrected chi connectivity index (χ0v) is 16.7. The molecule has 1 aliphatic heterocycles. The first-order valence-corrected chi connectivity index (χ1v) is 10.2. The molecule has 0 radical (unpaired) electrons. The summed E-state index contributed by atoms with van der Waals surface area (Å²) in [4.78, 5) is 23.9. The van der Waals surface area contributed by atoms with Gasteiger partial charge in [-0.15, -0.1) is 0 Å². The predicted molar refractivity (Wildman–Crippen MR) is 111 cm³/mol. The van der Waals surface area contributed by atoms with E-state index in [0.717, 1.165) is 49.3 Å². The number of aryl methyl sites for hydroxylation is 1. The van der Waals surface area contributed by atoms with Crippen LogP contribution in [0, 0.1) is 5.92 Å². The molecule has 1 atom stereocenters. The van der Waals surface area contributed by atoms with Gasteiger partial charge in [0.2, 0.25) is 5.91 Å². The minimum absolute atomic E-state index is 0.250. The number of amides is 1. The largest absolute Gasteiger partial charge is 0.342 e. The van der Waals surface area contributed by atoms with Crippen molar-refractivity contribution in [1.29, 1.82) is 0 Å². The van der Waals surface area contributed by atoms with Crippen molar-refractivity contribution >= 4 is 16.9 Å². The minimum atomic E-state index is 0.250. The number of aromatic nitrogens is 3. The standard InChI is InChI=1S/C23H28N4O/c1-17(2)15-27-21-14-24-12-10-20(21)25-23(27)19-11-13-26(16-19)22(28)9-8-18-6-4-3-5-7-18/h3-7,10,12,14,17,19H,8-9,11,13,15-16H2,1-2H3/t19-/m1/s1. The molecular weight excluding hydrogens is 348 g/mol. The van der Waals surface area contributed by atoms with Crippen molar-refractivity contribution in [2.24, 2.45) is 5.92 Å². The van der Waals surface area contributed by atoms with Crippen LogP contribution in [0.4, 0.5) is 0 Å². The Morgan fingerprint density at radius 2 is 2.04 bits per heavy atom. The van der Waals surface area contributed by atoms with Gasteiger partial charge in [0.25, 0.3) is 0 Å². The predicted octanol–water partition coefficient (Wildman–Crippen LogP) is 4.04. The molecule has 0 aliphatic carbocycles. The smallest absolute Gasteiger partial charge is 0.222 e. The number of likely N-dealkylation sites (tertiary alicyclic amines) is 1. The lowest BCUT2D eigenvalue weighted by molar-refractivity contribution is -0.130. The van der Waals surface area contributed by atoms with Crippen molar-refractivity contribution in [3.8, 4) is 0 Å². The molecule has 0 spiro atoms. The van der Waals surface area contributed by atoms with Crippen molar-refractivity contribution in [3.05, 3.63) is 60.2 Å². The first-order chi connectivity index (χ1) is 13.6. The van der Waals surface area contributed by atoms with Crippen molar-refractivity contribution in [1.82, 2.24) is 19.4 Å². The van der Waals surface area contributed by atoms with Crippen LogP contribution >= 0.6 is 0 Å². The van der Waals surface area contributed by atoms with E-state index in [4.69, 9.17) is 4.98 Å². The zero-order chi connectivity index (χ0) is 19.5. The van der Waals surface area contributed by atoms with Gasteiger partial charge in [-0.05, 0) is 30.4 Å². The summed E-state index contributed by atoms with van der Waals surface area (Å²) >= 11 is 0. The van der Waals surface area contributed by atoms with Gasteiger partial charge >= 0.3 is 0 Å². The Balaban J connectivity index is 1.47. The van der Waals surface area contributed by atoms with Crippen LogP contribution in [0.15, 0.2) is 48.8 Å². The molecule has 5 nitrogen and oxygen atoms in total. The number of hydrogen-bond acceptors (Lipinski definition) is 3. The van der Waals surface area contributed by atoms with Gasteiger partial charge in [0.1, 0.15) is 5.82 Å². The third kappa shape index (κ3) is 3.93. The van der Waals surface area contributed by atoms with Gasteiger partial charge in [0.05, 0.1) is 17.2 Å².